The monoisotopic (exact) mass is 573 g/mol. The van der Waals surface area contributed by atoms with E-state index in [2.05, 4.69) is 16.9 Å². The molecular formula is C30H31F4N3O4. The first-order chi connectivity index (χ1) is 19.3. The highest BCUT2D eigenvalue weighted by molar-refractivity contribution is 6.03. The lowest BCUT2D eigenvalue weighted by molar-refractivity contribution is -0.138. The molecule has 218 valence electrons. The van der Waals surface area contributed by atoms with E-state index in [1.54, 1.807) is 26.8 Å². The summed E-state index contributed by atoms with van der Waals surface area (Å²) in [7, 11) is 0. The van der Waals surface area contributed by atoms with Crippen LogP contribution in [-0.2, 0) is 11.0 Å². The highest BCUT2D eigenvalue weighted by Crippen LogP contribution is 2.41. The number of rotatable bonds is 7. The Morgan fingerprint density at radius 1 is 1.05 bits per heavy atom. The Bertz CT molecular complexity index is 1450. The maximum Gasteiger partial charge on any atom is 0.421 e. The van der Waals surface area contributed by atoms with Crippen molar-refractivity contribution < 1.29 is 37.0 Å². The highest BCUT2D eigenvalue weighted by Gasteiger charge is 2.37. The maximum atomic E-state index is 15.4. The summed E-state index contributed by atoms with van der Waals surface area (Å²) in [5.41, 5.74) is -0.766. The number of benzene rings is 1. The van der Waals surface area contributed by atoms with Crippen LogP contribution in [0.2, 0.25) is 0 Å². The van der Waals surface area contributed by atoms with Gasteiger partial charge in [-0.1, -0.05) is 6.92 Å². The van der Waals surface area contributed by atoms with Gasteiger partial charge in [-0.2, -0.15) is 13.2 Å². The molecule has 4 rings (SSSR count). The summed E-state index contributed by atoms with van der Waals surface area (Å²) in [5.74, 6) is -4.51. The molecule has 3 aromatic rings. The SMILES string of the molecule is Cc1cc(-c2cnc(Oc3cc(C(=O)O)c(N(C(=O)C4CCC(C)CC4)C(C)C)cc3F)c(C(F)(F)F)c2)ccn1. The molecule has 1 N–H and O–H groups in total. The number of aromatic nitrogens is 2. The van der Waals surface area contributed by atoms with E-state index in [0.717, 1.165) is 37.2 Å². The van der Waals surface area contributed by atoms with Gasteiger partial charge in [-0.05, 0) is 76.1 Å². The molecule has 0 atom stereocenters. The van der Waals surface area contributed by atoms with E-state index < -0.39 is 46.8 Å². The van der Waals surface area contributed by atoms with Gasteiger partial charge in [-0.15, -0.1) is 0 Å². The van der Waals surface area contributed by atoms with Crippen molar-refractivity contribution in [3.05, 3.63) is 65.4 Å². The van der Waals surface area contributed by atoms with Crippen LogP contribution in [0.15, 0.2) is 42.7 Å². The molecule has 2 heterocycles. The lowest BCUT2D eigenvalue weighted by Crippen LogP contribution is -2.43. The average molecular weight is 574 g/mol. The molecular weight excluding hydrogens is 542 g/mol. The van der Waals surface area contributed by atoms with Crippen molar-refractivity contribution in [3.8, 4) is 22.8 Å². The van der Waals surface area contributed by atoms with Gasteiger partial charge in [0.25, 0.3) is 0 Å². The number of nitrogens with zero attached hydrogens (tertiary/aromatic N) is 3. The van der Waals surface area contributed by atoms with Gasteiger partial charge in [-0.25, -0.2) is 14.2 Å². The number of carboxylic acids is 1. The summed E-state index contributed by atoms with van der Waals surface area (Å²) < 4.78 is 62.7. The van der Waals surface area contributed by atoms with Crippen LogP contribution in [-0.4, -0.2) is 33.0 Å². The van der Waals surface area contributed by atoms with Crippen molar-refractivity contribution in [1.29, 1.82) is 0 Å². The molecule has 1 aliphatic carbocycles. The number of pyridine rings is 2. The molecule has 0 radical (unpaired) electrons. The zero-order valence-corrected chi connectivity index (χ0v) is 23.1. The molecule has 1 saturated carbocycles. The van der Waals surface area contributed by atoms with Gasteiger partial charge >= 0.3 is 12.1 Å². The van der Waals surface area contributed by atoms with Crippen molar-refractivity contribution in [2.75, 3.05) is 4.90 Å². The fourth-order valence-corrected chi connectivity index (χ4v) is 5.07. The van der Waals surface area contributed by atoms with E-state index >= 15 is 4.39 Å². The highest BCUT2D eigenvalue weighted by atomic mass is 19.4. The predicted molar refractivity (Wildman–Crippen MR) is 144 cm³/mol. The maximum absolute atomic E-state index is 15.4. The van der Waals surface area contributed by atoms with Crippen molar-refractivity contribution in [3.63, 3.8) is 0 Å². The van der Waals surface area contributed by atoms with Gasteiger partial charge in [0.15, 0.2) is 11.6 Å². The Kier molecular flexibility index (Phi) is 8.65. The van der Waals surface area contributed by atoms with E-state index in [4.69, 9.17) is 4.74 Å². The Morgan fingerprint density at radius 2 is 1.73 bits per heavy atom. The summed E-state index contributed by atoms with van der Waals surface area (Å²) in [6.07, 6.45) is 0.657. The fourth-order valence-electron chi connectivity index (χ4n) is 5.07. The normalized spacial score (nSPS) is 17.4. The third kappa shape index (κ3) is 6.66. The molecule has 0 spiro atoms. The molecule has 0 unspecified atom stereocenters. The van der Waals surface area contributed by atoms with Crippen LogP contribution in [0, 0.1) is 24.6 Å². The number of carboxylic acid groups (broad SMARTS) is 1. The summed E-state index contributed by atoms with van der Waals surface area (Å²) in [5, 5.41) is 9.96. The summed E-state index contributed by atoms with van der Waals surface area (Å²) >= 11 is 0. The Labute approximate surface area is 235 Å². The van der Waals surface area contributed by atoms with E-state index in [-0.39, 0.29) is 23.1 Å². The zero-order chi connectivity index (χ0) is 30.1. The molecule has 2 aromatic heterocycles. The number of ether oxygens (including phenoxy) is 1. The zero-order valence-electron chi connectivity index (χ0n) is 23.1. The third-order valence-corrected chi connectivity index (χ3v) is 7.25. The third-order valence-electron chi connectivity index (χ3n) is 7.25. The average Bonchev–Trinajstić information content (AvgIpc) is 2.89. The molecule has 1 fully saturated rings. The van der Waals surface area contributed by atoms with Crippen LogP contribution in [0.4, 0.5) is 23.2 Å². The van der Waals surface area contributed by atoms with Crippen molar-refractivity contribution >= 4 is 17.6 Å². The van der Waals surface area contributed by atoms with Crippen LogP contribution >= 0.6 is 0 Å². The minimum absolute atomic E-state index is 0.139. The van der Waals surface area contributed by atoms with Gasteiger partial charge in [0, 0.05) is 47.7 Å². The summed E-state index contributed by atoms with van der Waals surface area (Å²) in [6.45, 7) is 7.16. The van der Waals surface area contributed by atoms with E-state index in [0.29, 0.717) is 30.0 Å². The molecule has 0 bridgehead atoms. The summed E-state index contributed by atoms with van der Waals surface area (Å²) in [4.78, 5) is 34.8. The molecule has 0 saturated heterocycles. The molecule has 1 aliphatic rings. The number of anilines is 1. The lowest BCUT2D eigenvalue weighted by Gasteiger charge is -2.34. The Morgan fingerprint density at radius 3 is 2.32 bits per heavy atom. The van der Waals surface area contributed by atoms with Gasteiger partial charge in [0.1, 0.15) is 5.56 Å². The molecule has 0 aliphatic heterocycles. The first kappa shape index (κ1) is 30.0. The Hall–Kier alpha value is -4.02. The van der Waals surface area contributed by atoms with Crippen molar-refractivity contribution in [2.45, 2.75) is 65.6 Å². The number of amides is 1. The quantitative estimate of drug-likeness (QED) is 0.292. The molecule has 1 amide bonds. The number of hydrogen-bond acceptors (Lipinski definition) is 5. The topological polar surface area (TPSA) is 92.6 Å². The standard InChI is InChI=1S/C30H31F4N3O4/c1-16(2)37(28(38)19-7-5-17(3)6-8-19)25-14-24(31)26(13-22(25)29(39)40)41-27-23(30(32,33)34)12-21(15-36-27)20-9-10-35-18(4)11-20/h9-17,19H,5-8H2,1-4H3,(H,39,40). The van der Waals surface area contributed by atoms with E-state index in [1.165, 1.54) is 17.2 Å². The van der Waals surface area contributed by atoms with E-state index in [1.807, 2.05) is 0 Å². The van der Waals surface area contributed by atoms with Crippen molar-refractivity contribution in [2.24, 2.45) is 11.8 Å². The molecule has 41 heavy (non-hydrogen) atoms. The molecule has 1 aromatic carbocycles. The number of hydrogen-bond donors (Lipinski definition) is 1. The van der Waals surface area contributed by atoms with Gasteiger partial charge in [-0.3, -0.25) is 9.78 Å². The van der Waals surface area contributed by atoms with Crippen LogP contribution in [0.5, 0.6) is 11.6 Å². The number of halogens is 4. The molecule has 7 nitrogen and oxygen atoms in total. The Balaban J connectivity index is 1.74. The van der Waals surface area contributed by atoms with Crippen LogP contribution in [0.3, 0.4) is 0 Å². The number of alkyl halides is 3. The van der Waals surface area contributed by atoms with Crippen molar-refractivity contribution in [1.82, 2.24) is 9.97 Å². The molecule has 11 heteroatoms. The number of carbonyl (C=O) groups excluding carboxylic acids is 1. The summed E-state index contributed by atoms with van der Waals surface area (Å²) in [6, 6.07) is 5.05. The number of carbonyl (C=O) groups is 2. The first-order valence-corrected chi connectivity index (χ1v) is 13.3. The van der Waals surface area contributed by atoms with Gasteiger partial charge in [0.05, 0.1) is 11.3 Å². The fraction of sp³-hybridized carbons (Fsp3) is 0.400. The number of aryl methyl sites for hydroxylation is 1. The second kappa shape index (κ2) is 11.8. The number of aromatic carboxylic acids is 1. The van der Waals surface area contributed by atoms with E-state index in [9.17, 15) is 27.9 Å². The van der Waals surface area contributed by atoms with Crippen LogP contribution in [0.1, 0.15) is 68.1 Å². The second-order valence-corrected chi connectivity index (χ2v) is 10.7. The smallest absolute Gasteiger partial charge is 0.421 e. The minimum Gasteiger partial charge on any atom is -0.478 e. The second-order valence-electron chi connectivity index (χ2n) is 10.7. The van der Waals surface area contributed by atoms with Gasteiger partial charge in [0.2, 0.25) is 11.8 Å². The van der Waals surface area contributed by atoms with Gasteiger partial charge < -0.3 is 14.7 Å². The van der Waals surface area contributed by atoms with Crippen LogP contribution in [0.25, 0.3) is 11.1 Å². The largest absolute Gasteiger partial charge is 0.478 e. The first-order valence-electron chi connectivity index (χ1n) is 13.3. The predicted octanol–water partition coefficient (Wildman–Crippen LogP) is 7.67. The lowest BCUT2D eigenvalue weighted by atomic mass is 9.82. The minimum atomic E-state index is -4.91. The van der Waals surface area contributed by atoms with Crippen LogP contribution < -0.4 is 9.64 Å².